The van der Waals surface area contributed by atoms with Gasteiger partial charge in [-0.05, 0) is 26.8 Å². The van der Waals surface area contributed by atoms with E-state index in [9.17, 15) is 14.4 Å². The number of hydrogen-bond donors (Lipinski definition) is 4. The van der Waals surface area contributed by atoms with Crippen molar-refractivity contribution in [3.8, 4) is 0 Å². The molecule has 0 aliphatic heterocycles. The van der Waals surface area contributed by atoms with Gasteiger partial charge in [-0.1, -0.05) is 0 Å². The molecule has 0 heterocycles. The molecule has 8 nitrogen and oxygen atoms in total. The van der Waals surface area contributed by atoms with Gasteiger partial charge in [0, 0.05) is 0 Å². The largest absolute Gasteiger partial charge is 0.478 e. The molecule has 0 amide bonds. The quantitative estimate of drug-likeness (QED) is 0.479. The second kappa shape index (κ2) is 5.31. The molecule has 1 aromatic rings. The van der Waals surface area contributed by atoms with E-state index in [1.165, 1.54) is 0 Å². The van der Waals surface area contributed by atoms with E-state index >= 15 is 0 Å². The summed E-state index contributed by atoms with van der Waals surface area (Å²) in [6.45, 7) is 4.76. The van der Waals surface area contributed by atoms with Gasteiger partial charge in [0.2, 0.25) is 0 Å². The topological polar surface area (TPSA) is 153 Å². The number of carbonyl (C=O) groups excluding carboxylic acids is 1. The van der Waals surface area contributed by atoms with E-state index in [0.29, 0.717) is 0 Å². The molecule has 0 aliphatic rings. The number of carboxylic acids is 2. The van der Waals surface area contributed by atoms with Gasteiger partial charge in [-0.25, -0.2) is 14.4 Å². The molecule has 1 rings (SSSR count). The molecule has 114 valence electrons. The van der Waals surface area contributed by atoms with Crippen molar-refractivity contribution in [3.05, 3.63) is 22.8 Å². The molecular weight excluding hydrogens is 280 g/mol. The number of carbonyl (C=O) groups is 3. The lowest BCUT2D eigenvalue weighted by Crippen LogP contribution is -2.26. The Hall–Kier alpha value is -2.77. The third-order valence-corrected chi connectivity index (χ3v) is 2.47. The third-order valence-electron chi connectivity index (χ3n) is 2.47. The number of ether oxygens (including phenoxy) is 1. The molecule has 0 spiro atoms. The normalized spacial score (nSPS) is 11.0. The number of carboxylic acid groups (broad SMARTS) is 2. The Morgan fingerprint density at radius 1 is 1.00 bits per heavy atom. The zero-order valence-electron chi connectivity index (χ0n) is 11.8. The average Bonchev–Trinajstić information content (AvgIpc) is 2.28. The first kappa shape index (κ1) is 16.3. The molecule has 21 heavy (non-hydrogen) atoms. The van der Waals surface area contributed by atoms with Gasteiger partial charge >= 0.3 is 17.9 Å². The smallest absolute Gasteiger partial charge is 0.339 e. The molecule has 0 saturated carbocycles. The lowest BCUT2D eigenvalue weighted by Gasteiger charge is -2.21. The van der Waals surface area contributed by atoms with Crippen LogP contribution >= 0.6 is 0 Å². The first-order valence-electron chi connectivity index (χ1n) is 5.87. The van der Waals surface area contributed by atoms with E-state index < -0.39 is 51.6 Å². The summed E-state index contributed by atoms with van der Waals surface area (Å²) in [4.78, 5) is 34.4. The maximum atomic E-state index is 12.0. The Labute approximate surface area is 120 Å². The fraction of sp³-hybridized carbons (Fsp3) is 0.308. The number of aromatic carboxylic acids is 2. The van der Waals surface area contributed by atoms with Crippen LogP contribution < -0.4 is 11.5 Å². The van der Waals surface area contributed by atoms with E-state index in [4.69, 9.17) is 26.4 Å². The molecule has 0 fully saturated rings. The standard InChI is InChI=1S/C13H16N2O6/c1-13(2,3)21-12(20)5-4-6(10(16)17)8(14)9(15)7(5)11(18)19/h4H,14-15H2,1-3H3,(H,16,17)(H,18,19). The summed E-state index contributed by atoms with van der Waals surface area (Å²) in [6, 6.07) is 0.853. The van der Waals surface area contributed by atoms with Crippen LogP contribution in [0.2, 0.25) is 0 Å². The monoisotopic (exact) mass is 296 g/mol. The Morgan fingerprint density at radius 3 is 1.90 bits per heavy atom. The number of benzene rings is 1. The highest BCUT2D eigenvalue weighted by Crippen LogP contribution is 2.29. The maximum Gasteiger partial charge on any atom is 0.339 e. The summed E-state index contributed by atoms with van der Waals surface area (Å²) < 4.78 is 5.05. The van der Waals surface area contributed by atoms with Crippen LogP contribution in [0.4, 0.5) is 11.4 Å². The number of esters is 1. The zero-order valence-corrected chi connectivity index (χ0v) is 11.8. The van der Waals surface area contributed by atoms with Gasteiger partial charge in [0.25, 0.3) is 0 Å². The summed E-state index contributed by atoms with van der Waals surface area (Å²) in [5.74, 6) is -3.92. The molecule has 6 N–H and O–H groups in total. The lowest BCUT2D eigenvalue weighted by molar-refractivity contribution is 0.00659. The van der Waals surface area contributed by atoms with E-state index in [1.54, 1.807) is 20.8 Å². The highest BCUT2D eigenvalue weighted by atomic mass is 16.6. The second-order valence-corrected chi connectivity index (χ2v) is 5.29. The first-order chi connectivity index (χ1) is 9.45. The van der Waals surface area contributed by atoms with E-state index in [0.717, 1.165) is 6.07 Å². The lowest BCUT2D eigenvalue weighted by atomic mass is 9.99. The molecule has 1 aromatic carbocycles. The molecular formula is C13H16N2O6. The van der Waals surface area contributed by atoms with Crippen LogP contribution in [-0.4, -0.2) is 33.7 Å². The summed E-state index contributed by atoms with van der Waals surface area (Å²) >= 11 is 0. The number of nitrogen functional groups attached to an aromatic ring is 2. The Morgan fingerprint density at radius 2 is 1.52 bits per heavy atom. The van der Waals surface area contributed by atoms with Crippen molar-refractivity contribution in [2.24, 2.45) is 0 Å². The van der Waals surface area contributed by atoms with Crippen molar-refractivity contribution in [1.82, 2.24) is 0 Å². The summed E-state index contributed by atoms with van der Waals surface area (Å²) in [5, 5.41) is 18.2. The fourth-order valence-corrected chi connectivity index (χ4v) is 1.62. The zero-order chi connectivity index (χ0) is 16.5. The number of rotatable bonds is 3. The highest BCUT2D eigenvalue weighted by molar-refractivity contribution is 6.11. The Bertz CT molecular complexity index is 631. The number of nitrogens with two attached hydrogens (primary N) is 2. The minimum absolute atomic E-state index is 0.410. The number of hydrogen-bond acceptors (Lipinski definition) is 6. The minimum atomic E-state index is -1.50. The van der Waals surface area contributed by atoms with Crippen molar-refractivity contribution in [2.45, 2.75) is 26.4 Å². The van der Waals surface area contributed by atoms with Crippen molar-refractivity contribution >= 4 is 29.3 Å². The van der Waals surface area contributed by atoms with Crippen LogP contribution in [0.1, 0.15) is 51.8 Å². The van der Waals surface area contributed by atoms with Crippen molar-refractivity contribution in [3.63, 3.8) is 0 Å². The van der Waals surface area contributed by atoms with Crippen LogP contribution in [-0.2, 0) is 4.74 Å². The SMILES string of the molecule is CC(C)(C)OC(=O)c1cc(C(=O)O)c(N)c(N)c1C(=O)O. The predicted molar refractivity (Wildman–Crippen MR) is 74.4 cm³/mol. The summed E-state index contributed by atoms with van der Waals surface area (Å²) in [5.41, 5.74) is 7.78. The van der Waals surface area contributed by atoms with Crippen molar-refractivity contribution < 1.29 is 29.3 Å². The molecule has 0 aromatic heterocycles. The van der Waals surface area contributed by atoms with Crippen LogP contribution in [0.3, 0.4) is 0 Å². The average molecular weight is 296 g/mol. The maximum absolute atomic E-state index is 12.0. The van der Waals surface area contributed by atoms with Crippen LogP contribution in [0.25, 0.3) is 0 Å². The van der Waals surface area contributed by atoms with Gasteiger partial charge < -0.3 is 26.4 Å². The van der Waals surface area contributed by atoms with Crippen LogP contribution in [0, 0.1) is 0 Å². The minimum Gasteiger partial charge on any atom is -0.478 e. The molecule has 0 saturated heterocycles. The summed E-state index contributed by atoms with van der Waals surface area (Å²) in [6.07, 6.45) is 0. The van der Waals surface area contributed by atoms with E-state index in [-0.39, 0.29) is 0 Å². The van der Waals surface area contributed by atoms with E-state index in [2.05, 4.69) is 0 Å². The van der Waals surface area contributed by atoms with Crippen LogP contribution in [0.15, 0.2) is 6.07 Å². The van der Waals surface area contributed by atoms with Gasteiger partial charge in [0.1, 0.15) is 5.60 Å². The van der Waals surface area contributed by atoms with Crippen molar-refractivity contribution in [2.75, 3.05) is 11.5 Å². The Kier molecular flexibility index (Phi) is 4.12. The van der Waals surface area contributed by atoms with Gasteiger partial charge in [0.15, 0.2) is 0 Å². The number of anilines is 2. The first-order valence-corrected chi connectivity index (χ1v) is 5.87. The molecule has 0 bridgehead atoms. The third kappa shape index (κ3) is 3.41. The molecule has 0 atom stereocenters. The predicted octanol–water partition coefficient (Wildman–Crippen LogP) is 1.20. The molecule has 0 radical (unpaired) electrons. The van der Waals surface area contributed by atoms with E-state index in [1.807, 2.05) is 0 Å². The fourth-order valence-electron chi connectivity index (χ4n) is 1.62. The Balaban J connectivity index is 3.59. The van der Waals surface area contributed by atoms with Crippen LogP contribution in [0.5, 0.6) is 0 Å². The summed E-state index contributed by atoms with van der Waals surface area (Å²) in [7, 11) is 0. The molecule has 0 aliphatic carbocycles. The van der Waals surface area contributed by atoms with Gasteiger partial charge in [-0.3, -0.25) is 0 Å². The molecule has 0 unspecified atom stereocenters. The van der Waals surface area contributed by atoms with Crippen molar-refractivity contribution in [1.29, 1.82) is 0 Å². The molecule has 8 heteroatoms. The van der Waals surface area contributed by atoms with Gasteiger partial charge in [0.05, 0.1) is 28.1 Å². The van der Waals surface area contributed by atoms with Gasteiger partial charge in [-0.2, -0.15) is 0 Å². The van der Waals surface area contributed by atoms with Gasteiger partial charge in [-0.15, -0.1) is 0 Å². The highest BCUT2D eigenvalue weighted by Gasteiger charge is 2.28. The second-order valence-electron chi connectivity index (χ2n) is 5.29.